The number of nitrogens with zero attached hydrogens (tertiary/aromatic N) is 2. The van der Waals surface area contributed by atoms with Crippen molar-refractivity contribution in [3.8, 4) is 11.5 Å². The monoisotopic (exact) mass is 258 g/mol. The van der Waals surface area contributed by atoms with Crippen LogP contribution in [0.15, 0.2) is 41.0 Å². The van der Waals surface area contributed by atoms with Gasteiger partial charge in [0.2, 0.25) is 5.89 Å². The van der Waals surface area contributed by atoms with Crippen LogP contribution in [0, 0.1) is 0 Å². The highest BCUT2D eigenvalue weighted by Gasteiger charge is 2.24. The lowest BCUT2D eigenvalue weighted by Crippen LogP contribution is -2.31. The molecule has 0 unspecified atom stereocenters. The average Bonchev–Trinajstić information content (AvgIpc) is 3.09. The highest BCUT2D eigenvalue weighted by Crippen LogP contribution is 2.22. The first-order valence-corrected chi connectivity index (χ1v) is 6.71. The number of hydrogen-bond donors (Lipinski definition) is 1. The number of aromatic nitrogens is 1. The first-order valence-electron chi connectivity index (χ1n) is 6.71. The second-order valence-corrected chi connectivity index (χ2v) is 4.96. The van der Waals surface area contributed by atoms with E-state index >= 15 is 0 Å². The summed E-state index contributed by atoms with van der Waals surface area (Å²) in [5.74, 6) is 0.662. The third-order valence-electron chi connectivity index (χ3n) is 3.65. The van der Waals surface area contributed by atoms with Gasteiger partial charge in [0.1, 0.15) is 6.26 Å². The van der Waals surface area contributed by atoms with Crippen molar-refractivity contribution in [3.05, 3.63) is 42.3 Å². The standard InChI is InChI=1S/C15H18N2O2/c18-10-14-7-4-8-17(14)9-13-11-19-15(16-13)12-5-2-1-3-6-12/h1-3,5-6,11,14,18H,4,7-10H2/t14-/m1/s1. The molecule has 1 saturated heterocycles. The van der Waals surface area contributed by atoms with Crippen molar-refractivity contribution >= 4 is 0 Å². The molecule has 0 bridgehead atoms. The van der Waals surface area contributed by atoms with Crippen molar-refractivity contribution in [2.75, 3.05) is 13.2 Å². The van der Waals surface area contributed by atoms with E-state index in [2.05, 4.69) is 9.88 Å². The lowest BCUT2D eigenvalue weighted by molar-refractivity contribution is 0.152. The van der Waals surface area contributed by atoms with E-state index in [9.17, 15) is 5.11 Å². The number of aliphatic hydroxyl groups excluding tert-OH is 1. The fraction of sp³-hybridized carbons (Fsp3) is 0.400. The van der Waals surface area contributed by atoms with Crippen LogP contribution in [0.1, 0.15) is 18.5 Å². The summed E-state index contributed by atoms with van der Waals surface area (Å²) in [6.45, 7) is 2.00. The average molecular weight is 258 g/mol. The van der Waals surface area contributed by atoms with E-state index in [0.29, 0.717) is 5.89 Å². The molecule has 2 heterocycles. The van der Waals surface area contributed by atoms with Crippen LogP contribution in [0.3, 0.4) is 0 Å². The summed E-state index contributed by atoms with van der Waals surface area (Å²) in [5, 5.41) is 9.31. The van der Waals surface area contributed by atoms with Crippen LogP contribution in [0.5, 0.6) is 0 Å². The number of oxazole rings is 1. The van der Waals surface area contributed by atoms with Crippen molar-refractivity contribution in [1.82, 2.24) is 9.88 Å². The minimum atomic E-state index is 0.226. The Morgan fingerprint density at radius 1 is 1.32 bits per heavy atom. The number of hydrogen-bond acceptors (Lipinski definition) is 4. The van der Waals surface area contributed by atoms with Crippen LogP contribution in [-0.2, 0) is 6.54 Å². The highest BCUT2D eigenvalue weighted by molar-refractivity contribution is 5.52. The third kappa shape index (κ3) is 2.69. The molecule has 100 valence electrons. The van der Waals surface area contributed by atoms with Gasteiger partial charge < -0.3 is 9.52 Å². The third-order valence-corrected chi connectivity index (χ3v) is 3.65. The SMILES string of the molecule is OC[C@H]1CCCN1Cc1coc(-c2ccccc2)n1. The van der Waals surface area contributed by atoms with Crippen LogP contribution in [0.25, 0.3) is 11.5 Å². The Kier molecular flexibility index (Phi) is 3.62. The van der Waals surface area contributed by atoms with E-state index in [0.717, 1.165) is 37.2 Å². The Bertz CT molecular complexity index is 524. The lowest BCUT2D eigenvalue weighted by Gasteiger charge is -2.20. The van der Waals surface area contributed by atoms with Crippen molar-refractivity contribution in [1.29, 1.82) is 0 Å². The second kappa shape index (κ2) is 5.55. The molecule has 1 aromatic heterocycles. The molecule has 3 rings (SSSR count). The molecule has 4 heteroatoms. The molecular formula is C15H18N2O2. The molecule has 2 aromatic rings. The van der Waals surface area contributed by atoms with Crippen LogP contribution in [-0.4, -0.2) is 34.2 Å². The first-order chi connectivity index (χ1) is 9.36. The van der Waals surface area contributed by atoms with Crippen molar-refractivity contribution in [2.45, 2.75) is 25.4 Å². The molecule has 1 fully saturated rings. The van der Waals surface area contributed by atoms with Gasteiger partial charge in [-0.1, -0.05) is 18.2 Å². The molecule has 0 radical (unpaired) electrons. The molecule has 0 spiro atoms. The van der Waals surface area contributed by atoms with Crippen LogP contribution < -0.4 is 0 Å². The molecule has 1 aliphatic heterocycles. The Balaban J connectivity index is 1.72. The van der Waals surface area contributed by atoms with Crippen LogP contribution in [0.2, 0.25) is 0 Å². The predicted octanol–water partition coefficient (Wildman–Crippen LogP) is 2.30. The van der Waals surface area contributed by atoms with Gasteiger partial charge in [0.05, 0.1) is 12.3 Å². The Morgan fingerprint density at radius 3 is 2.95 bits per heavy atom. The van der Waals surface area contributed by atoms with Crippen molar-refractivity contribution in [2.24, 2.45) is 0 Å². The predicted molar refractivity (Wildman–Crippen MR) is 72.5 cm³/mol. The minimum absolute atomic E-state index is 0.226. The molecule has 1 aromatic carbocycles. The normalized spacial score (nSPS) is 19.9. The number of aliphatic hydroxyl groups is 1. The van der Waals surface area contributed by atoms with E-state index in [1.165, 1.54) is 0 Å². The van der Waals surface area contributed by atoms with Gasteiger partial charge in [-0.2, -0.15) is 0 Å². The maximum Gasteiger partial charge on any atom is 0.226 e. The molecule has 0 aliphatic carbocycles. The maximum atomic E-state index is 9.31. The van der Waals surface area contributed by atoms with E-state index in [-0.39, 0.29) is 12.6 Å². The molecule has 1 atom stereocenters. The molecule has 1 aliphatic rings. The molecule has 19 heavy (non-hydrogen) atoms. The van der Waals surface area contributed by atoms with E-state index in [4.69, 9.17) is 4.42 Å². The fourth-order valence-corrected chi connectivity index (χ4v) is 2.61. The largest absolute Gasteiger partial charge is 0.444 e. The first kappa shape index (κ1) is 12.4. The van der Waals surface area contributed by atoms with Crippen LogP contribution >= 0.6 is 0 Å². The molecule has 0 saturated carbocycles. The molecule has 4 nitrogen and oxygen atoms in total. The van der Waals surface area contributed by atoms with Crippen molar-refractivity contribution < 1.29 is 9.52 Å². The van der Waals surface area contributed by atoms with E-state index < -0.39 is 0 Å². The fourth-order valence-electron chi connectivity index (χ4n) is 2.61. The molecule has 1 N–H and O–H groups in total. The maximum absolute atomic E-state index is 9.31. The smallest absolute Gasteiger partial charge is 0.226 e. The summed E-state index contributed by atoms with van der Waals surface area (Å²) in [6.07, 6.45) is 3.93. The number of benzene rings is 1. The Hall–Kier alpha value is -1.65. The second-order valence-electron chi connectivity index (χ2n) is 4.96. The zero-order valence-corrected chi connectivity index (χ0v) is 10.8. The summed E-state index contributed by atoms with van der Waals surface area (Å²) >= 11 is 0. The zero-order chi connectivity index (χ0) is 13.1. The minimum Gasteiger partial charge on any atom is -0.444 e. The summed E-state index contributed by atoms with van der Waals surface area (Å²) in [5.41, 5.74) is 1.92. The quantitative estimate of drug-likeness (QED) is 0.914. The summed E-state index contributed by atoms with van der Waals surface area (Å²) in [7, 11) is 0. The molecular weight excluding hydrogens is 240 g/mol. The van der Waals surface area contributed by atoms with Gasteiger partial charge >= 0.3 is 0 Å². The van der Waals surface area contributed by atoms with Gasteiger partial charge in [0.25, 0.3) is 0 Å². The van der Waals surface area contributed by atoms with Crippen molar-refractivity contribution in [3.63, 3.8) is 0 Å². The van der Waals surface area contributed by atoms with Gasteiger partial charge in [-0.3, -0.25) is 4.90 Å². The van der Waals surface area contributed by atoms with Gasteiger partial charge in [0, 0.05) is 18.2 Å². The highest BCUT2D eigenvalue weighted by atomic mass is 16.3. The van der Waals surface area contributed by atoms with Gasteiger partial charge in [-0.25, -0.2) is 4.98 Å². The summed E-state index contributed by atoms with van der Waals surface area (Å²) in [6, 6.07) is 10.2. The van der Waals surface area contributed by atoms with Crippen LogP contribution in [0.4, 0.5) is 0 Å². The Labute approximate surface area is 112 Å². The zero-order valence-electron chi connectivity index (χ0n) is 10.8. The van der Waals surface area contributed by atoms with E-state index in [1.54, 1.807) is 6.26 Å². The van der Waals surface area contributed by atoms with E-state index in [1.807, 2.05) is 30.3 Å². The summed E-state index contributed by atoms with van der Waals surface area (Å²) in [4.78, 5) is 6.79. The lowest BCUT2D eigenvalue weighted by atomic mass is 10.2. The Morgan fingerprint density at radius 2 is 2.16 bits per heavy atom. The number of likely N-dealkylation sites (tertiary alicyclic amines) is 1. The number of rotatable bonds is 4. The molecule has 0 amide bonds. The van der Waals surface area contributed by atoms with Gasteiger partial charge in [-0.15, -0.1) is 0 Å². The van der Waals surface area contributed by atoms with Gasteiger partial charge in [-0.05, 0) is 31.5 Å². The topological polar surface area (TPSA) is 49.5 Å². The summed E-state index contributed by atoms with van der Waals surface area (Å²) < 4.78 is 5.53. The van der Waals surface area contributed by atoms with Gasteiger partial charge in [0.15, 0.2) is 0 Å².